The Hall–Kier alpha value is -2.82. The number of nitrogens with zero attached hydrogens (tertiary/aromatic N) is 2. The van der Waals surface area contributed by atoms with E-state index >= 15 is 0 Å². The Morgan fingerprint density at radius 3 is 2.75 bits per heavy atom. The number of hydrogen-bond donors (Lipinski definition) is 1. The Morgan fingerprint density at radius 2 is 2.00 bits per heavy atom. The summed E-state index contributed by atoms with van der Waals surface area (Å²) in [6.45, 7) is 0.603. The number of aryl methyl sites for hydroxylation is 1. The zero-order chi connectivity index (χ0) is 16.8. The van der Waals surface area contributed by atoms with E-state index < -0.39 is 0 Å². The van der Waals surface area contributed by atoms with Gasteiger partial charge in [0.15, 0.2) is 0 Å². The second-order valence-electron chi connectivity index (χ2n) is 5.65. The molecule has 1 aromatic carbocycles. The van der Waals surface area contributed by atoms with Crippen molar-refractivity contribution >= 4 is 11.6 Å². The van der Waals surface area contributed by atoms with E-state index in [-0.39, 0.29) is 5.91 Å². The summed E-state index contributed by atoms with van der Waals surface area (Å²) in [6, 6.07) is 13.7. The first-order valence-corrected chi connectivity index (χ1v) is 8.07. The van der Waals surface area contributed by atoms with Crippen LogP contribution in [0.5, 0.6) is 5.75 Å². The van der Waals surface area contributed by atoms with E-state index in [1.165, 1.54) is 0 Å². The van der Waals surface area contributed by atoms with Gasteiger partial charge in [0.1, 0.15) is 11.4 Å². The van der Waals surface area contributed by atoms with Gasteiger partial charge in [0.05, 0.1) is 12.8 Å². The lowest BCUT2D eigenvalue weighted by Crippen LogP contribution is -2.25. The summed E-state index contributed by atoms with van der Waals surface area (Å²) in [5.74, 6) is 0.894. The molecule has 3 aromatic rings. The molecule has 0 spiro atoms. The van der Waals surface area contributed by atoms with Gasteiger partial charge in [0.25, 0.3) is 0 Å². The number of amides is 1. The molecule has 0 saturated carbocycles. The van der Waals surface area contributed by atoms with Gasteiger partial charge in [-0.1, -0.05) is 18.2 Å². The molecular formula is C19H21N3O2. The van der Waals surface area contributed by atoms with Crippen LogP contribution in [0.4, 0.5) is 0 Å². The van der Waals surface area contributed by atoms with Crippen molar-refractivity contribution in [3.8, 4) is 5.75 Å². The van der Waals surface area contributed by atoms with E-state index in [1.807, 2.05) is 59.3 Å². The molecule has 2 aromatic heterocycles. The first kappa shape index (κ1) is 16.1. The van der Waals surface area contributed by atoms with Crippen LogP contribution < -0.4 is 10.1 Å². The van der Waals surface area contributed by atoms with Gasteiger partial charge in [0, 0.05) is 31.8 Å². The molecule has 2 heterocycles. The van der Waals surface area contributed by atoms with Gasteiger partial charge < -0.3 is 14.5 Å². The van der Waals surface area contributed by atoms with Gasteiger partial charge in [-0.3, -0.25) is 4.79 Å². The highest BCUT2D eigenvalue weighted by molar-refractivity contribution is 5.76. The molecule has 0 saturated heterocycles. The smallest absolute Gasteiger partial charge is 0.220 e. The summed E-state index contributed by atoms with van der Waals surface area (Å²) in [4.78, 5) is 16.5. The molecule has 0 radical (unpaired) electrons. The monoisotopic (exact) mass is 323 g/mol. The Balaban J connectivity index is 1.41. The molecule has 5 nitrogen and oxygen atoms in total. The third kappa shape index (κ3) is 4.13. The first-order chi connectivity index (χ1) is 11.7. The van der Waals surface area contributed by atoms with Crippen LogP contribution >= 0.6 is 0 Å². The number of carbonyl (C=O) groups excluding carboxylic acids is 1. The van der Waals surface area contributed by atoms with Crippen molar-refractivity contribution < 1.29 is 9.53 Å². The van der Waals surface area contributed by atoms with Gasteiger partial charge in [-0.25, -0.2) is 4.98 Å². The molecule has 0 fully saturated rings. The number of aromatic nitrogens is 2. The quantitative estimate of drug-likeness (QED) is 0.727. The molecule has 3 rings (SSSR count). The number of pyridine rings is 1. The Labute approximate surface area is 141 Å². The van der Waals surface area contributed by atoms with Crippen LogP contribution in [-0.2, 0) is 17.6 Å². The van der Waals surface area contributed by atoms with Crippen LogP contribution in [-0.4, -0.2) is 28.9 Å². The Morgan fingerprint density at radius 1 is 1.17 bits per heavy atom. The van der Waals surface area contributed by atoms with Crippen LogP contribution in [0.1, 0.15) is 17.7 Å². The number of hydrogen-bond acceptors (Lipinski definition) is 3. The Kier molecular flexibility index (Phi) is 5.11. The standard InChI is InChI=1S/C19H21N3O2/c1-24-17-8-5-15(6-9-17)7-10-19(23)20-12-11-16-14-22-13-3-2-4-18(22)21-16/h2-6,8-9,13-14H,7,10-12H2,1H3,(H,20,23). The lowest BCUT2D eigenvalue weighted by atomic mass is 10.1. The fourth-order valence-corrected chi connectivity index (χ4v) is 2.58. The number of nitrogens with one attached hydrogen (secondary N) is 1. The van der Waals surface area contributed by atoms with Crippen molar-refractivity contribution in [2.75, 3.05) is 13.7 Å². The van der Waals surface area contributed by atoms with Gasteiger partial charge in [-0.2, -0.15) is 0 Å². The van der Waals surface area contributed by atoms with E-state index in [2.05, 4.69) is 10.3 Å². The Bertz CT molecular complexity index is 776. The normalized spacial score (nSPS) is 10.7. The van der Waals surface area contributed by atoms with Crippen LogP contribution in [0, 0.1) is 0 Å². The van der Waals surface area contributed by atoms with Crippen LogP contribution in [0.25, 0.3) is 5.65 Å². The average molecular weight is 323 g/mol. The maximum absolute atomic E-state index is 11.9. The highest BCUT2D eigenvalue weighted by Crippen LogP contribution is 2.12. The molecule has 0 unspecified atom stereocenters. The number of imidazole rings is 1. The molecule has 0 aliphatic heterocycles. The number of fused-ring (bicyclic) bond motifs is 1. The summed E-state index contributed by atoms with van der Waals surface area (Å²) < 4.78 is 7.11. The van der Waals surface area contributed by atoms with Gasteiger partial charge in [0.2, 0.25) is 5.91 Å². The molecule has 0 bridgehead atoms. The molecule has 5 heteroatoms. The highest BCUT2D eigenvalue weighted by atomic mass is 16.5. The van der Waals surface area contributed by atoms with E-state index in [9.17, 15) is 4.79 Å². The number of ether oxygens (including phenoxy) is 1. The summed E-state index contributed by atoms with van der Waals surface area (Å²) >= 11 is 0. The summed E-state index contributed by atoms with van der Waals surface area (Å²) in [7, 11) is 1.64. The fraction of sp³-hybridized carbons (Fsp3) is 0.263. The maximum atomic E-state index is 11.9. The summed E-state index contributed by atoms with van der Waals surface area (Å²) in [5, 5.41) is 2.96. The first-order valence-electron chi connectivity index (χ1n) is 8.07. The molecule has 0 atom stereocenters. The molecular weight excluding hydrogens is 302 g/mol. The highest BCUT2D eigenvalue weighted by Gasteiger charge is 2.04. The van der Waals surface area contributed by atoms with Crippen LogP contribution in [0.3, 0.4) is 0 Å². The van der Waals surface area contributed by atoms with E-state index in [0.29, 0.717) is 13.0 Å². The molecule has 1 N–H and O–H groups in total. The molecule has 0 aliphatic rings. The minimum Gasteiger partial charge on any atom is -0.497 e. The third-order valence-corrected chi connectivity index (χ3v) is 3.92. The van der Waals surface area contributed by atoms with Crippen molar-refractivity contribution in [3.63, 3.8) is 0 Å². The average Bonchev–Trinajstić information content (AvgIpc) is 3.03. The summed E-state index contributed by atoms with van der Waals surface area (Å²) in [5.41, 5.74) is 3.04. The zero-order valence-corrected chi connectivity index (χ0v) is 13.7. The number of methoxy groups -OCH3 is 1. The largest absolute Gasteiger partial charge is 0.497 e. The van der Waals surface area contributed by atoms with Gasteiger partial charge >= 0.3 is 0 Å². The maximum Gasteiger partial charge on any atom is 0.220 e. The van der Waals surface area contributed by atoms with Crippen LogP contribution in [0.2, 0.25) is 0 Å². The fourth-order valence-electron chi connectivity index (χ4n) is 2.58. The second-order valence-corrected chi connectivity index (χ2v) is 5.65. The summed E-state index contributed by atoms with van der Waals surface area (Å²) in [6.07, 6.45) is 5.91. The van der Waals surface area contributed by atoms with E-state index in [0.717, 1.165) is 35.5 Å². The lowest BCUT2D eigenvalue weighted by molar-refractivity contribution is -0.121. The zero-order valence-electron chi connectivity index (χ0n) is 13.7. The van der Waals surface area contributed by atoms with Crippen LogP contribution in [0.15, 0.2) is 54.9 Å². The minimum absolute atomic E-state index is 0.0644. The van der Waals surface area contributed by atoms with E-state index in [4.69, 9.17) is 4.74 Å². The van der Waals surface area contributed by atoms with Gasteiger partial charge in [-0.15, -0.1) is 0 Å². The van der Waals surface area contributed by atoms with Gasteiger partial charge in [-0.05, 0) is 36.2 Å². The van der Waals surface area contributed by atoms with Crippen molar-refractivity contribution in [1.29, 1.82) is 0 Å². The number of carbonyl (C=O) groups is 1. The molecule has 0 aliphatic carbocycles. The lowest BCUT2D eigenvalue weighted by Gasteiger charge is -2.05. The predicted octanol–water partition coefficient (Wildman–Crippen LogP) is 2.63. The molecule has 24 heavy (non-hydrogen) atoms. The van der Waals surface area contributed by atoms with Crippen molar-refractivity contribution in [2.24, 2.45) is 0 Å². The molecule has 124 valence electrons. The predicted molar refractivity (Wildman–Crippen MR) is 93.2 cm³/mol. The van der Waals surface area contributed by atoms with Crippen molar-refractivity contribution in [2.45, 2.75) is 19.3 Å². The molecule has 1 amide bonds. The SMILES string of the molecule is COc1ccc(CCC(=O)NCCc2cn3ccccc3n2)cc1. The third-order valence-electron chi connectivity index (χ3n) is 3.92. The number of rotatable bonds is 7. The van der Waals surface area contributed by atoms with Crippen molar-refractivity contribution in [1.82, 2.24) is 14.7 Å². The van der Waals surface area contributed by atoms with E-state index in [1.54, 1.807) is 7.11 Å². The second kappa shape index (κ2) is 7.64. The van der Waals surface area contributed by atoms with Crippen molar-refractivity contribution in [3.05, 3.63) is 66.1 Å². The topological polar surface area (TPSA) is 55.6 Å². The number of benzene rings is 1. The minimum atomic E-state index is 0.0644.